The van der Waals surface area contributed by atoms with Gasteiger partial charge in [-0.05, 0) is 55.9 Å². The molecule has 5 N–H and O–H groups in total. The maximum Gasteiger partial charge on any atom is 0.408 e. The number of ether oxygens (including phenoxy) is 2. The van der Waals surface area contributed by atoms with E-state index in [0.717, 1.165) is 38.5 Å². The van der Waals surface area contributed by atoms with Gasteiger partial charge in [0, 0.05) is 0 Å². The molecular weight excluding hydrogens is 574 g/mol. The molecule has 2 aliphatic carbocycles. The van der Waals surface area contributed by atoms with E-state index in [1.807, 2.05) is 13.8 Å². The third kappa shape index (κ3) is 10.0. The quantitative estimate of drug-likeness (QED) is 0.237. The Morgan fingerprint density at radius 3 is 1.64 bits per heavy atom. The van der Waals surface area contributed by atoms with Gasteiger partial charge in [0.1, 0.15) is 22.6 Å². The minimum absolute atomic E-state index is 0.00542. The summed E-state index contributed by atoms with van der Waals surface area (Å²) in [5.74, 6) is -0.0989. The van der Waals surface area contributed by atoms with Crippen LogP contribution in [0.25, 0.3) is 0 Å². The first-order valence-corrected chi connectivity index (χ1v) is 15.2. The highest BCUT2D eigenvalue weighted by Gasteiger charge is 2.43. The highest BCUT2D eigenvalue weighted by molar-refractivity contribution is 5.90. The van der Waals surface area contributed by atoms with Crippen molar-refractivity contribution in [2.45, 2.75) is 108 Å². The summed E-state index contributed by atoms with van der Waals surface area (Å²) in [6.45, 7) is 3.73. The summed E-state index contributed by atoms with van der Waals surface area (Å²) < 4.78 is 20.3. The zero-order valence-corrected chi connectivity index (χ0v) is 25.5. The van der Waals surface area contributed by atoms with Gasteiger partial charge in [0.2, 0.25) is 5.91 Å². The Morgan fingerprint density at radius 1 is 0.795 bits per heavy atom. The Balaban J connectivity index is 0.000000249. The number of aliphatic carboxylic acids is 1. The molecule has 13 nitrogen and oxygen atoms in total. The second-order valence-corrected chi connectivity index (χ2v) is 11.7. The third-order valence-electron chi connectivity index (χ3n) is 8.11. The fourth-order valence-corrected chi connectivity index (χ4v) is 5.37. The average Bonchev–Trinajstić information content (AvgIpc) is 3.74. The largest absolute Gasteiger partial charge is 0.480 e. The molecule has 13 heteroatoms. The monoisotopic (exact) mass is 619 g/mol. The maximum absolute atomic E-state index is 12.9. The van der Waals surface area contributed by atoms with Gasteiger partial charge in [-0.1, -0.05) is 52.4 Å². The van der Waals surface area contributed by atoms with Crippen molar-refractivity contribution in [3.63, 3.8) is 0 Å². The van der Waals surface area contributed by atoms with Crippen LogP contribution in [0, 0.1) is 5.92 Å². The van der Waals surface area contributed by atoms with Crippen LogP contribution in [0.3, 0.4) is 0 Å². The zero-order chi connectivity index (χ0) is 32.0. The van der Waals surface area contributed by atoms with Crippen LogP contribution in [-0.2, 0) is 32.3 Å². The van der Waals surface area contributed by atoms with Gasteiger partial charge in [0.15, 0.2) is 13.2 Å². The number of carbonyl (C=O) groups excluding carboxylic acids is 3. The Morgan fingerprint density at radius 2 is 1.25 bits per heavy atom. The molecule has 44 heavy (non-hydrogen) atoms. The Bertz CT molecular complexity index is 1170. The van der Waals surface area contributed by atoms with Crippen LogP contribution in [0.4, 0.5) is 9.59 Å². The number of carboxylic acid groups (broad SMARTS) is 1. The van der Waals surface area contributed by atoms with Crippen molar-refractivity contribution in [3.05, 3.63) is 48.3 Å². The Labute approximate surface area is 257 Å². The summed E-state index contributed by atoms with van der Waals surface area (Å²) in [6, 6.07) is 6.46. The zero-order valence-electron chi connectivity index (χ0n) is 25.5. The van der Waals surface area contributed by atoms with Crippen molar-refractivity contribution in [1.29, 1.82) is 0 Å². The number of aliphatic hydroxyl groups is 1. The van der Waals surface area contributed by atoms with Crippen molar-refractivity contribution in [2.75, 3.05) is 6.61 Å². The van der Waals surface area contributed by atoms with Crippen molar-refractivity contribution in [3.8, 4) is 0 Å². The molecule has 244 valence electrons. The van der Waals surface area contributed by atoms with E-state index in [9.17, 15) is 29.4 Å². The van der Waals surface area contributed by atoms with Gasteiger partial charge in [-0.15, -0.1) is 0 Å². The highest BCUT2D eigenvalue weighted by atomic mass is 16.6. The Hall–Kier alpha value is -4.00. The summed E-state index contributed by atoms with van der Waals surface area (Å²) in [5.41, 5.74) is -2.17. The van der Waals surface area contributed by atoms with E-state index in [-0.39, 0.29) is 37.7 Å². The molecular formula is C31H45N3O10. The van der Waals surface area contributed by atoms with Crippen molar-refractivity contribution in [2.24, 2.45) is 5.92 Å². The summed E-state index contributed by atoms with van der Waals surface area (Å²) >= 11 is 0. The number of aliphatic hydroxyl groups excluding tert-OH is 1. The number of carbonyl (C=O) groups is 4. The lowest BCUT2D eigenvalue weighted by Crippen LogP contribution is -2.62. The number of amides is 3. The number of alkyl carbamates (subject to hydrolysis) is 2. The van der Waals surface area contributed by atoms with E-state index in [0.29, 0.717) is 37.2 Å². The number of carboxylic acids is 1. The third-order valence-corrected chi connectivity index (χ3v) is 8.11. The molecule has 2 heterocycles. The van der Waals surface area contributed by atoms with Gasteiger partial charge >= 0.3 is 18.2 Å². The summed E-state index contributed by atoms with van der Waals surface area (Å²) in [7, 11) is 0. The molecule has 0 aromatic carbocycles. The SMILES string of the molecule is CC(C)[C@@H](CO)NC(=O)C1(NC(=O)OCc2ccco2)CCCCC1.O=C(NC1(C(=O)O)CCCCC1)OCc1ccco1. The molecule has 1 atom stereocenters. The Kier molecular flexibility index (Phi) is 13.1. The molecule has 2 aromatic heterocycles. The van der Waals surface area contributed by atoms with Crippen molar-refractivity contribution in [1.82, 2.24) is 16.0 Å². The van der Waals surface area contributed by atoms with Gasteiger partial charge in [-0.25, -0.2) is 14.4 Å². The second-order valence-electron chi connectivity index (χ2n) is 11.7. The molecule has 0 saturated heterocycles. The van der Waals surface area contributed by atoms with E-state index in [2.05, 4.69) is 16.0 Å². The van der Waals surface area contributed by atoms with Gasteiger partial charge in [-0.2, -0.15) is 0 Å². The van der Waals surface area contributed by atoms with Gasteiger partial charge < -0.3 is 44.5 Å². The van der Waals surface area contributed by atoms with Crippen LogP contribution >= 0.6 is 0 Å². The lowest BCUT2D eigenvalue weighted by molar-refractivity contribution is -0.146. The molecule has 2 aromatic rings. The molecule has 4 rings (SSSR count). The number of hydrogen-bond donors (Lipinski definition) is 5. The van der Waals surface area contributed by atoms with E-state index in [1.165, 1.54) is 12.5 Å². The standard InChI is InChI=1S/C18H28N2O5.C13H17NO5/c1-13(2)15(11-21)19-16(22)18(8-4-3-5-9-18)20-17(23)25-12-14-7-6-10-24-14;15-11(16)13(6-2-1-3-7-13)14-12(17)19-9-10-5-4-8-18-10/h6-7,10,13,15,21H,3-5,8-9,11-12H2,1-2H3,(H,19,22)(H,20,23);4-5,8H,1-3,6-7,9H2,(H,14,17)(H,15,16)/t15-;/m1./s1. The van der Waals surface area contributed by atoms with Crippen molar-refractivity contribution >= 4 is 24.1 Å². The number of nitrogens with one attached hydrogen (secondary N) is 3. The van der Waals surface area contributed by atoms with E-state index >= 15 is 0 Å². The summed E-state index contributed by atoms with van der Waals surface area (Å²) in [5, 5.41) is 26.9. The molecule has 2 saturated carbocycles. The number of rotatable bonds is 11. The molecule has 0 spiro atoms. The number of hydrogen-bond acceptors (Lipinski definition) is 9. The second kappa shape index (κ2) is 16.7. The molecule has 0 radical (unpaired) electrons. The smallest absolute Gasteiger partial charge is 0.408 e. The minimum atomic E-state index is -1.18. The predicted octanol–water partition coefficient (Wildman–Crippen LogP) is 4.64. The molecule has 0 bridgehead atoms. The van der Waals surface area contributed by atoms with Crippen LogP contribution in [-0.4, -0.2) is 58.0 Å². The number of furan rings is 2. The average molecular weight is 620 g/mol. The summed E-state index contributed by atoms with van der Waals surface area (Å²) in [4.78, 5) is 48.1. The fourth-order valence-electron chi connectivity index (χ4n) is 5.37. The summed E-state index contributed by atoms with van der Waals surface area (Å²) in [6.07, 6.45) is 8.98. The maximum atomic E-state index is 12.9. The lowest BCUT2D eigenvalue weighted by Gasteiger charge is -2.37. The molecule has 0 aliphatic heterocycles. The van der Waals surface area contributed by atoms with E-state index < -0.39 is 29.2 Å². The van der Waals surface area contributed by atoms with Crippen molar-refractivity contribution < 1.29 is 47.7 Å². The van der Waals surface area contributed by atoms with E-state index in [1.54, 1.807) is 24.3 Å². The first-order chi connectivity index (χ1) is 21.1. The molecule has 2 fully saturated rings. The van der Waals surface area contributed by atoms with Gasteiger partial charge in [-0.3, -0.25) is 4.79 Å². The van der Waals surface area contributed by atoms with Crippen LogP contribution in [0.5, 0.6) is 0 Å². The predicted molar refractivity (Wildman–Crippen MR) is 157 cm³/mol. The topological polar surface area (TPSA) is 190 Å². The van der Waals surface area contributed by atoms with Gasteiger partial charge in [0.25, 0.3) is 0 Å². The molecule has 0 unspecified atom stereocenters. The van der Waals surface area contributed by atoms with Crippen LogP contribution in [0.1, 0.15) is 89.6 Å². The molecule has 3 amide bonds. The highest BCUT2D eigenvalue weighted by Crippen LogP contribution is 2.30. The van der Waals surface area contributed by atoms with Crippen LogP contribution in [0.15, 0.2) is 45.6 Å². The van der Waals surface area contributed by atoms with Crippen LogP contribution < -0.4 is 16.0 Å². The van der Waals surface area contributed by atoms with Crippen LogP contribution in [0.2, 0.25) is 0 Å². The fraction of sp³-hybridized carbons (Fsp3) is 0.613. The first-order valence-electron chi connectivity index (χ1n) is 15.2. The van der Waals surface area contributed by atoms with Gasteiger partial charge in [0.05, 0.1) is 25.2 Å². The minimum Gasteiger partial charge on any atom is -0.480 e. The molecule has 2 aliphatic rings. The van der Waals surface area contributed by atoms with E-state index in [4.69, 9.17) is 18.3 Å². The normalized spacial score (nSPS) is 17.7. The first kappa shape index (κ1) is 34.5. The lowest BCUT2D eigenvalue weighted by atomic mass is 9.80.